The van der Waals surface area contributed by atoms with Crippen LogP contribution in [0.4, 0.5) is 0 Å². The zero-order chi connectivity index (χ0) is 16.0. The highest BCUT2D eigenvalue weighted by Gasteiger charge is 2.30. The van der Waals surface area contributed by atoms with Crippen molar-refractivity contribution >= 4 is 21.6 Å². The molecule has 2 aromatic heterocycles. The number of nitrogens with one attached hydrogen (secondary N) is 1. The highest BCUT2D eigenvalue weighted by molar-refractivity contribution is 7.18. The molecule has 2 aromatic rings. The van der Waals surface area contributed by atoms with Gasteiger partial charge in [0, 0.05) is 17.5 Å². The second-order valence-corrected chi connectivity index (χ2v) is 7.97. The van der Waals surface area contributed by atoms with Gasteiger partial charge in [-0.3, -0.25) is 9.36 Å². The fraction of sp³-hybridized carbons (Fsp3) is 0.556. The second kappa shape index (κ2) is 5.87. The highest BCUT2D eigenvalue weighted by atomic mass is 32.1. The number of nitrogens with zero attached hydrogens (tertiary/aromatic N) is 2. The molecule has 1 N–H and O–H groups in total. The molecule has 4 rings (SSSR count). The average molecular weight is 329 g/mol. The van der Waals surface area contributed by atoms with E-state index in [2.05, 4.69) is 18.8 Å². The van der Waals surface area contributed by atoms with Crippen molar-refractivity contribution in [2.75, 3.05) is 6.54 Å². The molecule has 0 aliphatic heterocycles. The molecule has 0 aromatic carbocycles. The molecular formula is C18H23N3OS. The molecule has 0 radical (unpaired) electrons. The lowest BCUT2D eigenvalue weighted by molar-refractivity contribution is 0.509. The van der Waals surface area contributed by atoms with Crippen LogP contribution in [0.15, 0.2) is 17.4 Å². The van der Waals surface area contributed by atoms with Crippen molar-refractivity contribution in [1.82, 2.24) is 14.9 Å². The minimum atomic E-state index is 0.194. The summed E-state index contributed by atoms with van der Waals surface area (Å²) in [6.07, 6.45) is 7.36. The summed E-state index contributed by atoms with van der Waals surface area (Å²) in [5.74, 6) is 1.61. The van der Waals surface area contributed by atoms with E-state index in [4.69, 9.17) is 4.98 Å². The summed E-state index contributed by atoms with van der Waals surface area (Å²) < 4.78 is 1.96. The SMILES string of the molecule is C=CCNCc1nc2sc3c(c2c(=O)n1C1CC1)CCC(C)C3. The minimum Gasteiger partial charge on any atom is -0.306 e. The first kappa shape index (κ1) is 15.1. The van der Waals surface area contributed by atoms with Crippen LogP contribution in [0.3, 0.4) is 0 Å². The molecule has 2 heterocycles. The molecule has 122 valence electrons. The van der Waals surface area contributed by atoms with Crippen LogP contribution >= 0.6 is 11.3 Å². The van der Waals surface area contributed by atoms with E-state index >= 15 is 0 Å². The molecule has 2 aliphatic carbocycles. The fourth-order valence-corrected chi connectivity index (χ4v) is 4.96. The van der Waals surface area contributed by atoms with Gasteiger partial charge in [-0.15, -0.1) is 17.9 Å². The van der Waals surface area contributed by atoms with Crippen LogP contribution in [0.2, 0.25) is 0 Å². The van der Waals surface area contributed by atoms with Crippen LogP contribution in [0.5, 0.6) is 0 Å². The van der Waals surface area contributed by atoms with E-state index in [9.17, 15) is 4.79 Å². The molecule has 4 nitrogen and oxygen atoms in total. The van der Waals surface area contributed by atoms with Crippen molar-refractivity contribution in [3.05, 3.63) is 39.3 Å². The van der Waals surface area contributed by atoms with E-state index in [0.717, 1.165) is 54.2 Å². The summed E-state index contributed by atoms with van der Waals surface area (Å²) >= 11 is 1.74. The summed E-state index contributed by atoms with van der Waals surface area (Å²) in [6, 6.07) is 0.359. The molecular weight excluding hydrogens is 306 g/mol. The van der Waals surface area contributed by atoms with Gasteiger partial charge in [0.15, 0.2) is 0 Å². The van der Waals surface area contributed by atoms with E-state index in [1.807, 2.05) is 10.6 Å². The molecule has 23 heavy (non-hydrogen) atoms. The first-order chi connectivity index (χ1) is 11.2. The monoisotopic (exact) mass is 329 g/mol. The van der Waals surface area contributed by atoms with Gasteiger partial charge in [-0.1, -0.05) is 13.0 Å². The van der Waals surface area contributed by atoms with Gasteiger partial charge in [0.2, 0.25) is 0 Å². The van der Waals surface area contributed by atoms with Crippen LogP contribution in [-0.2, 0) is 19.4 Å². The second-order valence-electron chi connectivity index (χ2n) is 6.89. The van der Waals surface area contributed by atoms with E-state index in [0.29, 0.717) is 12.6 Å². The summed E-state index contributed by atoms with van der Waals surface area (Å²) in [5.41, 5.74) is 1.49. The third-order valence-electron chi connectivity index (χ3n) is 4.92. The van der Waals surface area contributed by atoms with Gasteiger partial charge in [0.05, 0.1) is 11.9 Å². The average Bonchev–Trinajstić information content (AvgIpc) is 3.28. The Kier molecular flexibility index (Phi) is 3.85. The Labute approximate surface area is 140 Å². The Bertz CT molecular complexity index is 816. The first-order valence-electron chi connectivity index (χ1n) is 8.56. The fourth-order valence-electron chi connectivity index (χ4n) is 3.56. The molecule has 1 saturated carbocycles. The Balaban J connectivity index is 1.85. The summed E-state index contributed by atoms with van der Waals surface area (Å²) in [4.78, 5) is 20.4. The maximum absolute atomic E-state index is 13.2. The lowest BCUT2D eigenvalue weighted by Gasteiger charge is -2.17. The number of thiophene rings is 1. The Morgan fingerprint density at radius 2 is 2.26 bits per heavy atom. The van der Waals surface area contributed by atoms with Crippen LogP contribution in [0.1, 0.15) is 48.5 Å². The summed E-state index contributed by atoms with van der Waals surface area (Å²) in [7, 11) is 0. The number of rotatable bonds is 5. The number of aryl methyl sites for hydroxylation is 1. The van der Waals surface area contributed by atoms with Gasteiger partial charge in [-0.2, -0.15) is 0 Å². The van der Waals surface area contributed by atoms with Crippen molar-refractivity contribution < 1.29 is 0 Å². The standard InChI is InChI=1S/C18H23N3OS/c1-3-8-19-10-15-20-17-16(18(22)21(15)12-5-6-12)13-7-4-11(2)9-14(13)23-17/h3,11-12,19H,1,4-10H2,2H3. The van der Waals surface area contributed by atoms with E-state index < -0.39 is 0 Å². The van der Waals surface area contributed by atoms with E-state index in [1.165, 1.54) is 16.9 Å². The van der Waals surface area contributed by atoms with Crippen molar-refractivity contribution in [1.29, 1.82) is 0 Å². The molecule has 1 fully saturated rings. The van der Waals surface area contributed by atoms with Crippen molar-refractivity contribution in [3.8, 4) is 0 Å². The Morgan fingerprint density at radius 3 is 3.00 bits per heavy atom. The topological polar surface area (TPSA) is 46.9 Å². The normalized spacial score (nSPS) is 20.7. The van der Waals surface area contributed by atoms with Gasteiger partial charge in [0.1, 0.15) is 10.7 Å². The van der Waals surface area contributed by atoms with Crippen LogP contribution < -0.4 is 10.9 Å². The van der Waals surface area contributed by atoms with Gasteiger partial charge >= 0.3 is 0 Å². The molecule has 0 saturated heterocycles. The zero-order valence-electron chi connectivity index (χ0n) is 13.6. The molecule has 0 amide bonds. The van der Waals surface area contributed by atoms with E-state index in [-0.39, 0.29) is 5.56 Å². The third-order valence-corrected chi connectivity index (χ3v) is 6.07. The summed E-state index contributed by atoms with van der Waals surface area (Å²) in [5, 5.41) is 4.21. The summed E-state index contributed by atoms with van der Waals surface area (Å²) in [6.45, 7) is 7.40. The predicted octanol–water partition coefficient (Wildman–Crippen LogP) is 3.19. The van der Waals surface area contributed by atoms with Crippen LogP contribution in [-0.4, -0.2) is 16.1 Å². The van der Waals surface area contributed by atoms with Crippen molar-refractivity contribution in [2.45, 2.75) is 51.6 Å². The molecule has 1 unspecified atom stereocenters. The Hall–Kier alpha value is -1.46. The zero-order valence-corrected chi connectivity index (χ0v) is 14.4. The lowest BCUT2D eigenvalue weighted by Crippen LogP contribution is -2.28. The van der Waals surface area contributed by atoms with E-state index in [1.54, 1.807) is 11.3 Å². The molecule has 5 heteroatoms. The minimum absolute atomic E-state index is 0.194. The first-order valence-corrected chi connectivity index (χ1v) is 9.38. The van der Waals surface area contributed by atoms with Gasteiger partial charge in [-0.25, -0.2) is 4.98 Å². The molecule has 2 aliphatic rings. The Morgan fingerprint density at radius 1 is 1.43 bits per heavy atom. The number of fused-ring (bicyclic) bond motifs is 3. The number of hydrogen-bond acceptors (Lipinski definition) is 4. The predicted molar refractivity (Wildman–Crippen MR) is 95.2 cm³/mol. The molecule has 0 spiro atoms. The van der Waals surface area contributed by atoms with Gasteiger partial charge in [-0.05, 0) is 43.6 Å². The third kappa shape index (κ3) is 2.66. The van der Waals surface area contributed by atoms with Gasteiger partial charge < -0.3 is 5.32 Å². The quantitative estimate of drug-likeness (QED) is 0.677. The highest BCUT2D eigenvalue weighted by Crippen LogP contribution is 2.38. The smallest absolute Gasteiger partial charge is 0.262 e. The molecule has 1 atom stereocenters. The maximum atomic E-state index is 13.2. The van der Waals surface area contributed by atoms with Crippen molar-refractivity contribution in [2.24, 2.45) is 5.92 Å². The van der Waals surface area contributed by atoms with Crippen LogP contribution in [0, 0.1) is 5.92 Å². The van der Waals surface area contributed by atoms with Crippen molar-refractivity contribution in [3.63, 3.8) is 0 Å². The lowest BCUT2D eigenvalue weighted by atomic mass is 9.89. The molecule has 0 bridgehead atoms. The van der Waals surface area contributed by atoms with Crippen LogP contribution in [0.25, 0.3) is 10.2 Å². The number of hydrogen-bond donors (Lipinski definition) is 1. The number of aromatic nitrogens is 2. The largest absolute Gasteiger partial charge is 0.306 e. The van der Waals surface area contributed by atoms with Gasteiger partial charge in [0.25, 0.3) is 5.56 Å². The maximum Gasteiger partial charge on any atom is 0.262 e.